The monoisotopic (exact) mass is 429 g/mol. The number of ether oxygens (including phenoxy) is 2. The van der Waals surface area contributed by atoms with Crippen LogP contribution in [0.2, 0.25) is 0 Å². The maximum absolute atomic E-state index is 12.3. The Hall–Kier alpha value is -3.43. The van der Waals surface area contributed by atoms with E-state index in [0.29, 0.717) is 29.1 Å². The van der Waals surface area contributed by atoms with Crippen molar-refractivity contribution in [1.29, 1.82) is 0 Å². The van der Waals surface area contributed by atoms with E-state index in [0.717, 1.165) is 0 Å². The summed E-state index contributed by atoms with van der Waals surface area (Å²) in [5.74, 6) is -0.397. The minimum atomic E-state index is -0.722. The number of fused-ring (bicyclic) bond motifs is 2. The highest BCUT2D eigenvalue weighted by Crippen LogP contribution is 2.44. The van der Waals surface area contributed by atoms with E-state index in [9.17, 15) is 14.4 Å². The highest BCUT2D eigenvalue weighted by molar-refractivity contribution is 6.12. The Kier molecular flexibility index (Phi) is 8.12. The van der Waals surface area contributed by atoms with Gasteiger partial charge in [0.05, 0.1) is 5.39 Å². The molecule has 1 amide bonds. The van der Waals surface area contributed by atoms with Crippen LogP contribution in [-0.2, 0) is 4.79 Å². The molecule has 2 aromatic carbocycles. The van der Waals surface area contributed by atoms with E-state index in [-0.39, 0.29) is 55.6 Å². The zero-order valence-electron chi connectivity index (χ0n) is 16.5. The first-order valence-electron chi connectivity index (χ1n) is 9.52. The molecule has 9 nitrogen and oxygen atoms in total. The molecule has 0 spiro atoms. The summed E-state index contributed by atoms with van der Waals surface area (Å²) >= 11 is 0. The highest BCUT2D eigenvalue weighted by atomic mass is 16.6. The molecule has 0 saturated carbocycles. The summed E-state index contributed by atoms with van der Waals surface area (Å²) in [4.78, 5) is 36.4. The van der Waals surface area contributed by atoms with E-state index in [1.54, 1.807) is 24.3 Å². The minimum absolute atomic E-state index is 0. The van der Waals surface area contributed by atoms with Crippen molar-refractivity contribution in [2.24, 2.45) is 11.5 Å². The number of carbonyl (C=O) groups is 3. The van der Waals surface area contributed by atoms with Crippen molar-refractivity contribution >= 4 is 39.6 Å². The normalized spacial score (nSPS) is 10.5. The first-order chi connectivity index (χ1) is 14.5. The molecule has 9 heteroatoms. The van der Waals surface area contributed by atoms with Crippen molar-refractivity contribution in [3.05, 3.63) is 36.1 Å². The molecule has 166 valence electrons. The van der Waals surface area contributed by atoms with E-state index in [1.807, 2.05) is 0 Å². The van der Waals surface area contributed by atoms with E-state index in [1.165, 1.54) is 13.0 Å². The van der Waals surface area contributed by atoms with Gasteiger partial charge in [-0.25, -0.2) is 4.79 Å². The predicted octanol–water partition coefficient (Wildman–Crippen LogP) is 3.12. The molecular formula is C22H27N3O6. The molecule has 3 aromatic rings. The smallest absolute Gasteiger partial charge is 0.412 e. The van der Waals surface area contributed by atoms with Gasteiger partial charge in [0.15, 0.2) is 22.9 Å². The molecule has 1 heterocycles. The van der Waals surface area contributed by atoms with Crippen molar-refractivity contribution < 1.29 is 28.3 Å². The quantitative estimate of drug-likeness (QED) is 0.281. The van der Waals surface area contributed by atoms with Gasteiger partial charge in [-0.1, -0.05) is 31.7 Å². The lowest BCUT2D eigenvalue weighted by Crippen LogP contribution is -2.31. The third-order valence-electron chi connectivity index (χ3n) is 4.36. The Morgan fingerprint density at radius 3 is 2.29 bits per heavy atom. The van der Waals surface area contributed by atoms with Crippen LogP contribution in [0.25, 0.3) is 21.7 Å². The molecule has 3 rings (SSSR count). The fourth-order valence-corrected chi connectivity index (χ4v) is 2.97. The second kappa shape index (κ2) is 10.6. The summed E-state index contributed by atoms with van der Waals surface area (Å²) in [6.45, 7) is 2.18. The molecule has 0 fully saturated rings. The molecule has 5 N–H and O–H groups in total. The van der Waals surface area contributed by atoms with Gasteiger partial charge in [-0.05, 0) is 19.0 Å². The van der Waals surface area contributed by atoms with Gasteiger partial charge < -0.3 is 30.7 Å². The van der Waals surface area contributed by atoms with Crippen LogP contribution in [0.3, 0.4) is 0 Å². The molecule has 0 radical (unpaired) electrons. The first kappa shape index (κ1) is 23.8. The van der Waals surface area contributed by atoms with Crippen molar-refractivity contribution in [3.63, 3.8) is 0 Å². The summed E-state index contributed by atoms with van der Waals surface area (Å²) < 4.78 is 16.8. The van der Waals surface area contributed by atoms with Crippen LogP contribution >= 0.6 is 0 Å². The number of Topliss-reactive ketones (excluding diaryl/α,β-unsaturated/α-hetero) is 1. The van der Waals surface area contributed by atoms with Gasteiger partial charge in [0.2, 0.25) is 0 Å². The van der Waals surface area contributed by atoms with Crippen LogP contribution in [0.15, 0.2) is 34.7 Å². The van der Waals surface area contributed by atoms with Gasteiger partial charge in [0.1, 0.15) is 5.75 Å². The predicted molar refractivity (Wildman–Crippen MR) is 117 cm³/mol. The van der Waals surface area contributed by atoms with E-state index in [2.05, 4.69) is 5.32 Å². The molecule has 0 saturated heterocycles. The number of rotatable bonds is 8. The summed E-state index contributed by atoms with van der Waals surface area (Å²) in [6.07, 6.45) is -0.101. The van der Waals surface area contributed by atoms with Crippen molar-refractivity contribution in [2.45, 2.75) is 27.2 Å². The lowest BCUT2D eigenvalue weighted by atomic mass is 10.0. The Labute approximate surface area is 179 Å². The Balaban J connectivity index is 0.00000341. The number of amides is 1. The molecule has 1 aromatic heterocycles. The molecule has 0 unspecified atom stereocenters. The number of carbonyl (C=O) groups excluding carboxylic acids is 3. The molecule has 0 aliphatic rings. The SMILES string of the molecule is C.CC(=O)c1cc2c(OC(=O)CCCN)c3ccccc3c(OC(=O)NCCN)c2o1. The first-order valence-corrected chi connectivity index (χ1v) is 9.52. The minimum Gasteiger partial charge on any atom is -0.449 e. The maximum Gasteiger partial charge on any atom is 0.412 e. The zero-order chi connectivity index (χ0) is 21.7. The van der Waals surface area contributed by atoms with Gasteiger partial charge in [-0.15, -0.1) is 0 Å². The second-order valence-corrected chi connectivity index (χ2v) is 6.58. The molecule has 0 aliphatic carbocycles. The van der Waals surface area contributed by atoms with E-state index >= 15 is 0 Å². The van der Waals surface area contributed by atoms with Crippen LogP contribution in [0.4, 0.5) is 4.79 Å². The Morgan fingerprint density at radius 1 is 1.00 bits per heavy atom. The number of nitrogens with two attached hydrogens (primary N) is 2. The lowest BCUT2D eigenvalue weighted by molar-refractivity contribution is -0.134. The van der Waals surface area contributed by atoms with Crippen LogP contribution < -0.4 is 26.3 Å². The maximum atomic E-state index is 12.3. The summed E-state index contributed by atoms with van der Waals surface area (Å²) in [5, 5.41) is 3.88. The summed E-state index contributed by atoms with van der Waals surface area (Å²) in [6, 6.07) is 8.41. The van der Waals surface area contributed by atoms with Crippen LogP contribution in [0, 0.1) is 0 Å². The van der Waals surface area contributed by atoms with Gasteiger partial charge in [-0.2, -0.15) is 0 Å². The number of furan rings is 1. The third-order valence-corrected chi connectivity index (χ3v) is 4.36. The van der Waals surface area contributed by atoms with E-state index < -0.39 is 12.1 Å². The van der Waals surface area contributed by atoms with Crippen LogP contribution in [-0.4, -0.2) is 37.5 Å². The van der Waals surface area contributed by atoms with Crippen molar-refractivity contribution in [2.75, 3.05) is 19.6 Å². The number of benzene rings is 2. The number of hydrogen-bond acceptors (Lipinski definition) is 8. The van der Waals surface area contributed by atoms with Gasteiger partial charge in [0, 0.05) is 37.2 Å². The van der Waals surface area contributed by atoms with Gasteiger partial charge >= 0.3 is 12.1 Å². The van der Waals surface area contributed by atoms with Gasteiger partial charge in [-0.3, -0.25) is 9.59 Å². The third kappa shape index (κ3) is 5.19. The average Bonchev–Trinajstić information content (AvgIpc) is 3.18. The fourth-order valence-electron chi connectivity index (χ4n) is 2.97. The fraction of sp³-hybridized carbons (Fsp3) is 0.318. The number of esters is 1. The van der Waals surface area contributed by atoms with Crippen LogP contribution in [0.5, 0.6) is 11.5 Å². The topological polar surface area (TPSA) is 147 Å². The van der Waals surface area contributed by atoms with E-state index in [4.69, 9.17) is 25.4 Å². The van der Waals surface area contributed by atoms with Crippen molar-refractivity contribution in [1.82, 2.24) is 5.32 Å². The largest absolute Gasteiger partial charge is 0.449 e. The summed E-state index contributed by atoms with van der Waals surface area (Å²) in [7, 11) is 0. The average molecular weight is 429 g/mol. The molecular weight excluding hydrogens is 402 g/mol. The molecule has 0 aliphatic heterocycles. The number of ketones is 1. The number of nitrogens with one attached hydrogen (secondary N) is 1. The molecule has 0 bridgehead atoms. The zero-order valence-corrected chi connectivity index (χ0v) is 16.5. The Bertz CT molecular complexity index is 1030. The Morgan fingerprint density at radius 2 is 1.68 bits per heavy atom. The van der Waals surface area contributed by atoms with Crippen LogP contribution in [0.1, 0.15) is 37.7 Å². The lowest BCUT2D eigenvalue weighted by Gasteiger charge is -2.13. The molecule has 0 atom stereocenters. The molecule has 31 heavy (non-hydrogen) atoms. The van der Waals surface area contributed by atoms with Crippen molar-refractivity contribution in [3.8, 4) is 11.5 Å². The summed E-state index contributed by atoms with van der Waals surface area (Å²) in [5.41, 5.74) is 11.0. The van der Waals surface area contributed by atoms with Gasteiger partial charge in [0.25, 0.3) is 0 Å². The highest BCUT2D eigenvalue weighted by Gasteiger charge is 2.24. The number of hydrogen-bond donors (Lipinski definition) is 3. The second-order valence-electron chi connectivity index (χ2n) is 6.58. The standard InChI is InChI=1S/C21H23N3O6.CH4/c1-12(25)16-11-15-18(29-17(26)7-4-8-22)13-5-2-3-6-14(13)19(20(15)28-16)30-21(27)24-10-9-23;/h2-3,5-6,11H,4,7-10,22-23H2,1H3,(H,24,27);1H4.